The van der Waals surface area contributed by atoms with Gasteiger partial charge in [0.1, 0.15) is 30.1 Å². The number of aliphatic hydroxyl groups excluding tert-OH is 5. The highest BCUT2D eigenvalue weighted by Gasteiger charge is 2.32. The number of hydrogen-bond donors (Lipinski definition) is 7. The van der Waals surface area contributed by atoms with Gasteiger partial charge in [0, 0.05) is 0 Å². The smallest absolute Gasteiger partial charge is 0.128 e. The number of aliphatic hydroxyl groups is 5. The average molecular weight is 236 g/mol. The van der Waals surface area contributed by atoms with Crippen LogP contribution in [0.4, 0.5) is 0 Å². The molecule has 0 rings (SSSR count). The molecule has 94 valence electrons. The molecular weight excluding hydrogens is 220 g/mol. The van der Waals surface area contributed by atoms with Crippen LogP contribution in [0.15, 0.2) is 10.2 Å². The van der Waals surface area contributed by atoms with E-state index < -0.39 is 31.0 Å². The summed E-state index contributed by atoms with van der Waals surface area (Å²) in [5.74, 6) is 9.68. The minimum atomic E-state index is -1.79. The van der Waals surface area contributed by atoms with Gasteiger partial charge in [0.05, 0.1) is 12.8 Å². The van der Waals surface area contributed by atoms with Gasteiger partial charge in [0.2, 0.25) is 0 Å². The lowest BCUT2D eigenvalue weighted by Crippen LogP contribution is -2.49. The summed E-state index contributed by atoms with van der Waals surface area (Å²) >= 11 is 0. The van der Waals surface area contributed by atoms with Crippen molar-refractivity contribution in [2.24, 2.45) is 21.9 Å². The monoisotopic (exact) mass is 236 g/mol. The first-order chi connectivity index (χ1) is 7.49. The molecule has 9 nitrogen and oxygen atoms in total. The first-order valence-electron chi connectivity index (χ1n) is 4.33. The van der Waals surface area contributed by atoms with Crippen molar-refractivity contribution >= 4 is 11.9 Å². The van der Waals surface area contributed by atoms with E-state index in [1.54, 1.807) is 0 Å². The molecule has 0 fully saturated rings. The van der Waals surface area contributed by atoms with Crippen LogP contribution >= 0.6 is 0 Å². The molecule has 0 aliphatic rings. The normalized spacial score (nSPS) is 20.7. The summed E-state index contributed by atoms with van der Waals surface area (Å²) in [5, 5.41) is 51.8. The summed E-state index contributed by atoms with van der Waals surface area (Å²) in [5.41, 5.74) is -0.279. The Bertz CT molecular complexity index is 259. The van der Waals surface area contributed by atoms with Crippen LogP contribution in [-0.4, -0.2) is 68.5 Å². The van der Waals surface area contributed by atoms with Gasteiger partial charge in [0.15, 0.2) is 0 Å². The van der Waals surface area contributed by atoms with Crippen LogP contribution in [0.3, 0.4) is 0 Å². The minimum absolute atomic E-state index is 0.279. The second kappa shape index (κ2) is 7.09. The highest BCUT2D eigenvalue weighted by Crippen LogP contribution is 2.06. The first-order valence-corrected chi connectivity index (χ1v) is 4.33. The van der Waals surface area contributed by atoms with E-state index in [1.165, 1.54) is 0 Å². The van der Waals surface area contributed by atoms with E-state index in [0.29, 0.717) is 0 Å². The second-order valence-corrected chi connectivity index (χ2v) is 3.01. The van der Waals surface area contributed by atoms with Crippen molar-refractivity contribution in [1.29, 1.82) is 0 Å². The molecule has 16 heavy (non-hydrogen) atoms. The molecule has 0 aliphatic heterocycles. The molecule has 9 N–H and O–H groups in total. The standard InChI is InChI=1S/C7H16N4O5/c8-10-1-3(11-9)5(14)7(16)6(15)4(13)2-12/h1,4-7,12-16H,2,8-9H2/b10-1-,11-3+. The molecule has 0 aromatic heterocycles. The van der Waals surface area contributed by atoms with Gasteiger partial charge < -0.3 is 37.2 Å². The van der Waals surface area contributed by atoms with Crippen molar-refractivity contribution < 1.29 is 25.5 Å². The molecule has 0 spiro atoms. The van der Waals surface area contributed by atoms with Crippen LogP contribution in [0.5, 0.6) is 0 Å². The van der Waals surface area contributed by atoms with Crippen LogP contribution in [0.2, 0.25) is 0 Å². The Morgan fingerprint density at radius 3 is 2.06 bits per heavy atom. The molecule has 9 heteroatoms. The lowest BCUT2D eigenvalue weighted by atomic mass is 10.0. The molecule has 0 saturated heterocycles. The summed E-state index contributed by atoms with van der Waals surface area (Å²) in [6.07, 6.45) is -5.95. The van der Waals surface area contributed by atoms with Crippen molar-refractivity contribution in [3.05, 3.63) is 0 Å². The number of nitrogens with two attached hydrogens (primary N) is 2. The molecule has 0 aromatic rings. The summed E-state index contributed by atoms with van der Waals surface area (Å²) in [6, 6.07) is 0. The van der Waals surface area contributed by atoms with Crippen molar-refractivity contribution in [3.8, 4) is 0 Å². The molecule has 0 amide bonds. The van der Waals surface area contributed by atoms with E-state index in [1.807, 2.05) is 0 Å². The first kappa shape index (κ1) is 14.7. The number of hydrogen-bond acceptors (Lipinski definition) is 9. The number of nitrogens with zero attached hydrogens (tertiary/aromatic N) is 2. The number of hydrazone groups is 2. The Hall–Kier alpha value is -1.26. The Morgan fingerprint density at radius 2 is 1.69 bits per heavy atom. The second-order valence-electron chi connectivity index (χ2n) is 3.01. The van der Waals surface area contributed by atoms with Crippen molar-refractivity contribution in [3.63, 3.8) is 0 Å². The summed E-state index contributed by atoms with van der Waals surface area (Å²) in [4.78, 5) is 0. The van der Waals surface area contributed by atoms with Gasteiger partial charge in [-0.2, -0.15) is 10.2 Å². The van der Waals surface area contributed by atoms with Gasteiger partial charge in [-0.05, 0) is 0 Å². The predicted molar refractivity (Wildman–Crippen MR) is 55.4 cm³/mol. The van der Waals surface area contributed by atoms with E-state index in [4.69, 9.17) is 21.9 Å². The fourth-order valence-electron chi connectivity index (χ4n) is 0.960. The maximum Gasteiger partial charge on any atom is 0.128 e. The third-order valence-corrected chi connectivity index (χ3v) is 1.91. The fourth-order valence-corrected chi connectivity index (χ4v) is 0.960. The van der Waals surface area contributed by atoms with Gasteiger partial charge in [0.25, 0.3) is 0 Å². The Kier molecular flexibility index (Phi) is 6.53. The van der Waals surface area contributed by atoms with E-state index in [9.17, 15) is 15.3 Å². The van der Waals surface area contributed by atoms with Gasteiger partial charge in [-0.15, -0.1) is 0 Å². The Balaban J connectivity index is 4.65. The molecular formula is C7H16N4O5. The van der Waals surface area contributed by atoms with Crippen molar-refractivity contribution in [2.75, 3.05) is 6.61 Å². The predicted octanol–water partition coefficient (Wildman–Crippen LogP) is -4.32. The fraction of sp³-hybridized carbons (Fsp3) is 0.714. The number of rotatable bonds is 6. The van der Waals surface area contributed by atoms with Crippen LogP contribution in [0.25, 0.3) is 0 Å². The molecule has 0 radical (unpaired) electrons. The topological polar surface area (TPSA) is 178 Å². The highest BCUT2D eigenvalue weighted by molar-refractivity contribution is 6.32. The van der Waals surface area contributed by atoms with Gasteiger partial charge >= 0.3 is 0 Å². The van der Waals surface area contributed by atoms with E-state index in [-0.39, 0.29) is 5.71 Å². The van der Waals surface area contributed by atoms with Crippen LogP contribution in [0, 0.1) is 0 Å². The molecule has 0 bridgehead atoms. The summed E-state index contributed by atoms with van der Waals surface area (Å²) in [6.45, 7) is -0.773. The van der Waals surface area contributed by atoms with Gasteiger partial charge in [-0.3, -0.25) is 0 Å². The van der Waals surface area contributed by atoms with Crippen LogP contribution in [0.1, 0.15) is 0 Å². The Morgan fingerprint density at radius 1 is 1.12 bits per heavy atom. The average Bonchev–Trinajstić information content (AvgIpc) is 2.32. The maximum absolute atomic E-state index is 9.46. The molecule has 0 saturated carbocycles. The zero-order chi connectivity index (χ0) is 12.7. The van der Waals surface area contributed by atoms with E-state index in [0.717, 1.165) is 6.21 Å². The summed E-state index contributed by atoms with van der Waals surface area (Å²) in [7, 11) is 0. The van der Waals surface area contributed by atoms with Gasteiger partial charge in [-0.1, -0.05) is 0 Å². The largest absolute Gasteiger partial charge is 0.394 e. The zero-order valence-corrected chi connectivity index (χ0v) is 8.38. The zero-order valence-electron chi connectivity index (χ0n) is 8.38. The van der Waals surface area contributed by atoms with Crippen molar-refractivity contribution in [1.82, 2.24) is 0 Å². The van der Waals surface area contributed by atoms with Gasteiger partial charge in [-0.25, -0.2) is 0 Å². The molecule has 0 aliphatic carbocycles. The van der Waals surface area contributed by atoms with Crippen LogP contribution < -0.4 is 11.7 Å². The summed E-state index contributed by atoms with van der Waals surface area (Å²) < 4.78 is 0. The van der Waals surface area contributed by atoms with Crippen molar-refractivity contribution in [2.45, 2.75) is 24.4 Å². The van der Waals surface area contributed by atoms with Crippen LogP contribution in [-0.2, 0) is 0 Å². The quantitative estimate of drug-likeness (QED) is 0.138. The third kappa shape index (κ3) is 3.72. The maximum atomic E-state index is 9.46. The molecule has 4 unspecified atom stereocenters. The molecule has 4 atom stereocenters. The minimum Gasteiger partial charge on any atom is -0.394 e. The molecule has 0 heterocycles. The molecule has 0 aromatic carbocycles. The lowest BCUT2D eigenvalue weighted by Gasteiger charge is -2.25. The SMILES string of the molecule is N/N=C\C(=N/N)C(O)C(O)C(O)C(O)CO. The van der Waals surface area contributed by atoms with E-state index in [2.05, 4.69) is 10.2 Å². The lowest BCUT2D eigenvalue weighted by molar-refractivity contribution is -0.100. The third-order valence-electron chi connectivity index (χ3n) is 1.91. The van der Waals surface area contributed by atoms with E-state index >= 15 is 0 Å². The Labute approximate surface area is 91.3 Å². The highest BCUT2D eigenvalue weighted by atomic mass is 16.4.